The molecule has 7 heteroatoms. The van der Waals surface area contributed by atoms with Gasteiger partial charge in [0.2, 0.25) is 5.91 Å². The Bertz CT molecular complexity index is 217. The summed E-state index contributed by atoms with van der Waals surface area (Å²) in [5.74, 6) is -0.527. The van der Waals surface area contributed by atoms with Crippen molar-refractivity contribution in [2.45, 2.75) is 37.9 Å². The normalized spacial score (nSPS) is 20.3. The Morgan fingerprint density at radius 2 is 2.12 bits per heavy atom. The Kier molecular flexibility index (Phi) is 6.74. The van der Waals surface area contributed by atoms with Gasteiger partial charge in [-0.2, -0.15) is 13.2 Å². The van der Waals surface area contributed by atoms with Gasteiger partial charge >= 0.3 is 6.18 Å². The monoisotopic (exact) mass is 260 g/mol. The van der Waals surface area contributed by atoms with Crippen molar-refractivity contribution in [3.05, 3.63) is 0 Å². The first-order valence-corrected chi connectivity index (χ1v) is 5.04. The highest BCUT2D eigenvalue weighted by atomic mass is 35.5. The first kappa shape index (κ1) is 15.5. The Hall–Kier alpha value is -0.490. The summed E-state index contributed by atoms with van der Waals surface area (Å²) in [5.41, 5.74) is 0. The zero-order chi connectivity index (χ0) is 11.3. The first-order chi connectivity index (χ1) is 6.97. The van der Waals surface area contributed by atoms with Crippen LogP contribution in [-0.4, -0.2) is 31.2 Å². The third kappa shape index (κ3) is 6.90. The van der Waals surface area contributed by atoms with E-state index in [0.717, 1.165) is 19.4 Å². The predicted molar refractivity (Wildman–Crippen MR) is 56.6 cm³/mol. The number of hydrogen-bond acceptors (Lipinski definition) is 2. The lowest BCUT2D eigenvalue weighted by molar-refractivity contribution is -0.138. The fourth-order valence-corrected chi connectivity index (χ4v) is 1.60. The van der Waals surface area contributed by atoms with Crippen LogP contribution in [0.1, 0.15) is 25.7 Å². The molecule has 0 bridgehead atoms. The maximum Gasteiger partial charge on any atom is 0.405 e. The predicted octanol–water partition coefficient (Wildman–Crippen LogP) is 1.62. The maximum atomic E-state index is 11.7. The Labute approximate surface area is 98.6 Å². The standard InChI is InChI=1S/C9H15F3N2O.ClH/c10-9(11,12)6-14-8(15)4-3-7-2-1-5-13-7;/h7,13H,1-6H2,(H,14,15);1H. The molecule has 1 unspecified atom stereocenters. The maximum absolute atomic E-state index is 11.7. The van der Waals surface area contributed by atoms with Gasteiger partial charge in [-0.25, -0.2) is 0 Å². The molecule has 1 aliphatic rings. The summed E-state index contributed by atoms with van der Waals surface area (Å²) in [5, 5.41) is 5.04. The second-order valence-electron chi connectivity index (χ2n) is 3.72. The number of halogens is 4. The topological polar surface area (TPSA) is 41.1 Å². The molecule has 1 amide bonds. The van der Waals surface area contributed by atoms with Gasteiger partial charge in [-0.3, -0.25) is 4.79 Å². The molecule has 16 heavy (non-hydrogen) atoms. The van der Waals surface area contributed by atoms with Crippen LogP contribution >= 0.6 is 12.4 Å². The van der Waals surface area contributed by atoms with E-state index in [9.17, 15) is 18.0 Å². The smallest absolute Gasteiger partial charge is 0.347 e. The molecule has 0 aromatic carbocycles. The highest BCUT2D eigenvalue weighted by Gasteiger charge is 2.27. The highest BCUT2D eigenvalue weighted by Crippen LogP contribution is 2.13. The average molecular weight is 261 g/mol. The van der Waals surface area contributed by atoms with Gasteiger partial charge in [0.05, 0.1) is 0 Å². The number of nitrogens with one attached hydrogen (secondary N) is 2. The second-order valence-corrected chi connectivity index (χ2v) is 3.72. The van der Waals surface area contributed by atoms with Crippen LogP contribution in [0.25, 0.3) is 0 Å². The molecule has 0 aromatic rings. The Morgan fingerprint density at radius 3 is 2.62 bits per heavy atom. The lowest BCUT2D eigenvalue weighted by Gasteiger charge is -2.11. The number of hydrogen-bond donors (Lipinski definition) is 2. The summed E-state index contributed by atoms with van der Waals surface area (Å²) >= 11 is 0. The molecule has 0 aliphatic carbocycles. The van der Waals surface area contributed by atoms with E-state index in [2.05, 4.69) is 5.32 Å². The van der Waals surface area contributed by atoms with E-state index in [0.29, 0.717) is 12.5 Å². The van der Waals surface area contributed by atoms with E-state index < -0.39 is 18.6 Å². The molecule has 0 radical (unpaired) electrons. The van der Waals surface area contributed by atoms with E-state index >= 15 is 0 Å². The minimum absolute atomic E-state index is 0. The summed E-state index contributed by atoms with van der Waals surface area (Å²) in [6.45, 7) is -0.293. The number of rotatable bonds is 4. The van der Waals surface area contributed by atoms with Crippen molar-refractivity contribution in [2.24, 2.45) is 0 Å². The molecule has 1 rings (SSSR count). The lowest BCUT2D eigenvalue weighted by atomic mass is 10.1. The van der Waals surface area contributed by atoms with Crippen molar-refractivity contribution in [3.63, 3.8) is 0 Å². The zero-order valence-corrected chi connectivity index (χ0v) is 9.59. The quantitative estimate of drug-likeness (QED) is 0.807. The second kappa shape index (κ2) is 6.96. The van der Waals surface area contributed by atoms with Crippen LogP contribution in [0.3, 0.4) is 0 Å². The van der Waals surface area contributed by atoms with Gasteiger partial charge in [0.1, 0.15) is 6.54 Å². The molecular weight excluding hydrogens is 245 g/mol. The van der Waals surface area contributed by atoms with Crippen LogP contribution in [0.2, 0.25) is 0 Å². The number of amides is 1. The molecule has 3 nitrogen and oxygen atoms in total. The van der Waals surface area contributed by atoms with Crippen molar-refractivity contribution in [1.29, 1.82) is 0 Å². The van der Waals surface area contributed by atoms with Crippen molar-refractivity contribution in [1.82, 2.24) is 10.6 Å². The Balaban J connectivity index is 0.00000225. The number of alkyl halides is 3. The van der Waals surface area contributed by atoms with Crippen LogP contribution in [0.5, 0.6) is 0 Å². The number of carbonyl (C=O) groups excluding carboxylic acids is 1. The van der Waals surface area contributed by atoms with Crippen molar-refractivity contribution < 1.29 is 18.0 Å². The summed E-state index contributed by atoms with van der Waals surface area (Å²) in [6.07, 6.45) is -1.46. The van der Waals surface area contributed by atoms with Crippen LogP contribution in [-0.2, 0) is 4.79 Å². The van der Waals surface area contributed by atoms with Gasteiger partial charge in [-0.15, -0.1) is 12.4 Å². The molecule has 96 valence electrons. The molecule has 1 fully saturated rings. The van der Waals surface area contributed by atoms with Crippen molar-refractivity contribution >= 4 is 18.3 Å². The third-order valence-corrected chi connectivity index (χ3v) is 2.37. The summed E-state index contributed by atoms with van der Waals surface area (Å²) in [7, 11) is 0. The van der Waals surface area contributed by atoms with Crippen LogP contribution in [0.15, 0.2) is 0 Å². The molecular formula is C9H16ClF3N2O. The van der Waals surface area contributed by atoms with Crippen LogP contribution < -0.4 is 10.6 Å². The van der Waals surface area contributed by atoms with E-state index in [1.807, 2.05) is 5.32 Å². The van der Waals surface area contributed by atoms with Gasteiger partial charge < -0.3 is 10.6 Å². The van der Waals surface area contributed by atoms with Gasteiger partial charge in [0.25, 0.3) is 0 Å². The lowest BCUT2D eigenvalue weighted by Crippen LogP contribution is -2.34. The van der Waals surface area contributed by atoms with Crippen molar-refractivity contribution in [2.75, 3.05) is 13.1 Å². The van der Waals surface area contributed by atoms with Gasteiger partial charge in [-0.1, -0.05) is 0 Å². The number of carbonyl (C=O) groups is 1. The average Bonchev–Trinajstić information content (AvgIpc) is 2.62. The van der Waals surface area contributed by atoms with Crippen LogP contribution in [0.4, 0.5) is 13.2 Å². The molecule has 0 aromatic heterocycles. The molecule has 1 atom stereocenters. The highest BCUT2D eigenvalue weighted by molar-refractivity contribution is 5.85. The molecule has 0 saturated carbocycles. The summed E-state index contributed by atoms with van der Waals surface area (Å²) in [6, 6.07) is 0.293. The van der Waals surface area contributed by atoms with Gasteiger partial charge in [-0.05, 0) is 25.8 Å². The minimum atomic E-state index is -4.32. The first-order valence-electron chi connectivity index (χ1n) is 5.04. The summed E-state index contributed by atoms with van der Waals surface area (Å²) < 4.78 is 35.2. The van der Waals surface area contributed by atoms with Crippen molar-refractivity contribution in [3.8, 4) is 0 Å². The summed E-state index contributed by atoms with van der Waals surface area (Å²) in [4.78, 5) is 11.0. The minimum Gasteiger partial charge on any atom is -0.347 e. The largest absolute Gasteiger partial charge is 0.405 e. The van der Waals surface area contributed by atoms with Gasteiger partial charge in [0, 0.05) is 12.5 Å². The molecule has 1 heterocycles. The fourth-order valence-electron chi connectivity index (χ4n) is 1.60. The third-order valence-electron chi connectivity index (χ3n) is 2.37. The molecule has 1 saturated heterocycles. The fraction of sp³-hybridized carbons (Fsp3) is 0.889. The molecule has 0 spiro atoms. The van der Waals surface area contributed by atoms with E-state index in [1.54, 1.807) is 0 Å². The SMILES string of the molecule is Cl.O=C(CCC1CCCN1)NCC(F)(F)F. The zero-order valence-electron chi connectivity index (χ0n) is 8.77. The molecule has 1 aliphatic heterocycles. The molecule has 2 N–H and O–H groups in total. The van der Waals surface area contributed by atoms with Gasteiger partial charge in [0.15, 0.2) is 0 Å². The Morgan fingerprint density at radius 1 is 1.44 bits per heavy atom. The van der Waals surface area contributed by atoms with E-state index in [4.69, 9.17) is 0 Å². The van der Waals surface area contributed by atoms with E-state index in [-0.39, 0.29) is 18.8 Å². The van der Waals surface area contributed by atoms with E-state index in [1.165, 1.54) is 0 Å². The van der Waals surface area contributed by atoms with Crippen LogP contribution in [0, 0.1) is 0 Å².